The molecular weight excluding hydrogens is 320 g/mol. The van der Waals surface area contributed by atoms with Gasteiger partial charge in [-0.15, -0.1) is 0 Å². The summed E-state index contributed by atoms with van der Waals surface area (Å²) in [6.45, 7) is 4.48. The summed E-state index contributed by atoms with van der Waals surface area (Å²) in [7, 11) is 0. The lowest BCUT2D eigenvalue weighted by Gasteiger charge is -2.14. The number of fused-ring (bicyclic) bond motifs is 1. The van der Waals surface area contributed by atoms with Crippen molar-refractivity contribution in [1.29, 1.82) is 0 Å². The topological polar surface area (TPSA) is 0 Å². The highest BCUT2D eigenvalue weighted by Crippen LogP contribution is 2.39. The van der Waals surface area contributed by atoms with Crippen molar-refractivity contribution in [2.75, 3.05) is 0 Å². The maximum Gasteiger partial charge on any atom is 0.0251 e. The molecule has 0 aromatic heterocycles. The zero-order valence-corrected chi connectivity index (χ0v) is 14.3. The van der Waals surface area contributed by atoms with E-state index in [1.807, 2.05) is 0 Å². The molecule has 0 heterocycles. The number of rotatable bonds is 4. The average Bonchev–Trinajstić information content (AvgIpc) is 2.88. The molecule has 21 heavy (non-hydrogen) atoms. The zero-order valence-electron chi connectivity index (χ0n) is 12.7. The second-order valence-electron chi connectivity index (χ2n) is 5.92. The van der Waals surface area contributed by atoms with Crippen LogP contribution in [0.3, 0.4) is 0 Å². The SMILES string of the molecule is CCCCc1ccccc1-c1ccc(Br)c2c1CC(C)=C2. The molecule has 0 radical (unpaired) electrons. The molecule has 1 aliphatic rings. The van der Waals surface area contributed by atoms with Crippen molar-refractivity contribution in [3.05, 3.63) is 63.1 Å². The lowest BCUT2D eigenvalue weighted by molar-refractivity contribution is 0.796. The molecular formula is C20H21Br. The van der Waals surface area contributed by atoms with E-state index in [2.05, 4.69) is 72.3 Å². The van der Waals surface area contributed by atoms with Gasteiger partial charge in [-0.25, -0.2) is 0 Å². The Morgan fingerprint density at radius 3 is 2.67 bits per heavy atom. The first-order chi connectivity index (χ1) is 10.2. The van der Waals surface area contributed by atoms with Crippen LogP contribution in [0.4, 0.5) is 0 Å². The molecule has 0 aliphatic heterocycles. The fourth-order valence-corrected chi connectivity index (χ4v) is 3.67. The fraction of sp³-hybridized carbons (Fsp3) is 0.300. The molecule has 0 spiro atoms. The minimum absolute atomic E-state index is 1.08. The first-order valence-corrected chi connectivity index (χ1v) is 8.57. The molecule has 1 heteroatoms. The molecule has 0 saturated carbocycles. The summed E-state index contributed by atoms with van der Waals surface area (Å²) in [5.41, 5.74) is 8.60. The van der Waals surface area contributed by atoms with Gasteiger partial charge in [-0.3, -0.25) is 0 Å². The zero-order chi connectivity index (χ0) is 14.8. The summed E-state index contributed by atoms with van der Waals surface area (Å²) in [6.07, 6.45) is 7.06. The lowest BCUT2D eigenvalue weighted by Crippen LogP contribution is -1.95. The summed E-state index contributed by atoms with van der Waals surface area (Å²) in [5.74, 6) is 0. The van der Waals surface area contributed by atoms with Gasteiger partial charge in [0.25, 0.3) is 0 Å². The third-order valence-corrected chi connectivity index (χ3v) is 4.95. The Kier molecular flexibility index (Phi) is 4.30. The van der Waals surface area contributed by atoms with Gasteiger partial charge in [0, 0.05) is 4.47 Å². The number of aryl methyl sites for hydroxylation is 1. The van der Waals surface area contributed by atoms with E-state index >= 15 is 0 Å². The van der Waals surface area contributed by atoms with Crippen molar-refractivity contribution in [2.24, 2.45) is 0 Å². The van der Waals surface area contributed by atoms with Crippen molar-refractivity contribution in [2.45, 2.75) is 39.5 Å². The quantitative estimate of drug-likeness (QED) is 0.602. The summed E-state index contributed by atoms with van der Waals surface area (Å²) in [5, 5.41) is 0. The van der Waals surface area contributed by atoms with E-state index in [4.69, 9.17) is 0 Å². The largest absolute Gasteiger partial charge is 0.0682 e. The molecule has 3 rings (SSSR count). The number of halogens is 1. The first-order valence-electron chi connectivity index (χ1n) is 7.77. The molecule has 108 valence electrons. The predicted molar refractivity (Wildman–Crippen MR) is 95.5 cm³/mol. The first kappa shape index (κ1) is 14.6. The smallest absolute Gasteiger partial charge is 0.0251 e. The molecule has 0 N–H and O–H groups in total. The van der Waals surface area contributed by atoms with Crippen LogP contribution in [0.1, 0.15) is 43.4 Å². The minimum atomic E-state index is 1.08. The van der Waals surface area contributed by atoms with Crippen molar-refractivity contribution < 1.29 is 0 Å². The summed E-state index contributed by atoms with van der Waals surface area (Å²) < 4.78 is 1.21. The Bertz CT molecular complexity index is 695. The van der Waals surface area contributed by atoms with Crippen molar-refractivity contribution in [3.8, 4) is 11.1 Å². The average molecular weight is 341 g/mol. The Balaban J connectivity index is 2.10. The molecule has 0 bridgehead atoms. The normalized spacial score (nSPS) is 13.2. The number of benzene rings is 2. The number of allylic oxidation sites excluding steroid dienone is 1. The summed E-state index contributed by atoms with van der Waals surface area (Å²) >= 11 is 3.70. The van der Waals surface area contributed by atoms with Crippen LogP contribution < -0.4 is 0 Å². The van der Waals surface area contributed by atoms with E-state index in [9.17, 15) is 0 Å². The van der Waals surface area contributed by atoms with E-state index in [1.165, 1.54) is 57.1 Å². The molecule has 0 atom stereocenters. The van der Waals surface area contributed by atoms with Crippen LogP contribution in [0.5, 0.6) is 0 Å². The maximum absolute atomic E-state index is 3.70. The van der Waals surface area contributed by atoms with Crippen LogP contribution in [-0.4, -0.2) is 0 Å². The van der Waals surface area contributed by atoms with Crippen molar-refractivity contribution >= 4 is 22.0 Å². The Morgan fingerprint density at radius 2 is 1.86 bits per heavy atom. The van der Waals surface area contributed by atoms with Crippen LogP contribution in [0.25, 0.3) is 17.2 Å². The molecule has 0 unspecified atom stereocenters. The van der Waals surface area contributed by atoms with Gasteiger partial charge in [-0.05, 0) is 60.1 Å². The predicted octanol–water partition coefficient (Wildman–Crippen LogP) is 6.42. The molecule has 0 saturated heterocycles. The Hall–Kier alpha value is -1.34. The van der Waals surface area contributed by atoms with Crippen LogP contribution in [0.15, 0.2) is 46.4 Å². The van der Waals surface area contributed by atoms with Gasteiger partial charge >= 0.3 is 0 Å². The third kappa shape index (κ3) is 2.85. The van der Waals surface area contributed by atoms with Gasteiger partial charge in [0.05, 0.1) is 0 Å². The van der Waals surface area contributed by atoms with Gasteiger partial charge < -0.3 is 0 Å². The number of hydrogen-bond donors (Lipinski definition) is 0. The monoisotopic (exact) mass is 340 g/mol. The minimum Gasteiger partial charge on any atom is -0.0682 e. The molecule has 0 nitrogen and oxygen atoms in total. The standard InChI is InChI=1S/C20H21Br/c1-3-4-7-15-8-5-6-9-16(15)17-10-11-20(21)19-13-14(2)12-18(17)19/h5-6,8-11,13H,3-4,7,12H2,1-2H3. The van der Waals surface area contributed by atoms with Gasteiger partial charge in [-0.2, -0.15) is 0 Å². The number of hydrogen-bond acceptors (Lipinski definition) is 0. The van der Waals surface area contributed by atoms with Crippen molar-refractivity contribution in [1.82, 2.24) is 0 Å². The summed E-state index contributed by atoms with van der Waals surface area (Å²) in [4.78, 5) is 0. The second-order valence-corrected chi connectivity index (χ2v) is 6.77. The van der Waals surface area contributed by atoms with E-state index < -0.39 is 0 Å². The van der Waals surface area contributed by atoms with E-state index in [-0.39, 0.29) is 0 Å². The maximum atomic E-state index is 3.70. The second kappa shape index (κ2) is 6.19. The van der Waals surface area contributed by atoms with Gasteiger partial charge in [0.15, 0.2) is 0 Å². The highest BCUT2D eigenvalue weighted by Gasteiger charge is 2.18. The molecule has 0 amide bonds. The van der Waals surface area contributed by atoms with Gasteiger partial charge in [0.2, 0.25) is 0 Å². The van der Waals surface area contributed by atoms with E-state index in [1.54, 1.807) is 0 Å². The third-order valence-electron chi connectivity index (χ3n) is 4.26. The molecule has 2 aromatic rings. The Labute approximate surface area is 136 Å². The van der Waals surface area contributed by atoms with Gasteiger partial charge in [0.1, 0.15) is 0 Å². The molecule has 0 fully saturated rings. The Morgan fingerprint density at radius 1 is 1.05 bits per heavy atom. The highest BCUT2D eigenvalue weighted by atomic mass is 79.9. The fourth-order valence-electron chi connectivity index (χ4n) is 3.18. The van der Waals surface area contributed by atoms with Gasteiger partial charge in [-0.1, -0.05) is 71.3 Å². The van der Waals surface area contributed by atoms with Crippen LogP contribution in [0, 0.1) is 0 Å². The van der Waals surface area contributed by atoms with Crippen LogP contribution >= 0.6 is 15.9 Å². The molecule has 1 aliphatic carbocycles. The van der Waals surface area contributed by atoms with Crippen molar-refractivity contribution in [3.63, 3.8) is 0 Å². The van der Waals surface area contributed by atoms with Crippen LogP contribution in [0.2, 0.25) is 0 Å². The number of unbranched alkanes of at least 4 members (excludes halogenated alkanes) is 1. The summed E-state index contributed by atoms with van der Waals surface area (Å²) in [6, 6.07) is 13.4. The van der Waals surface area contributed by atoms with Crippen LogP contribution in [-0.2, 0) is 12.8 Å². The lowest BCUT2D eigenvalue weighted by atomic mass is 9.91. The van der Waals surface area contributed by atoms with E-state index in [0.717, 1.165) is 6.42 Å². The van der Waals surface area contributed by atoms with E-state index in [0.29, 0.717) is 0 Å². The highest BCUT2D eigenvalue weighted by molar-refractivity contribution is 9.10. The molecule has 2 aromatic carbocycles.